The summed E-state index contributed by atoms with van der Waals surface area (Å²) in [7, 11) is 0. The highest BCUT2D eigenvalue weighted by molar-refractivity contribution is 7.11. The summed E-state index contributed by atoms with van der Waals surface area (Å²) >= 11 is 1.65. The summed E-state index contributed by atoms with van der Waals surface area (Å²) in [6.45, 7) is 8.40. The average molecular weight is 311 g/mol. The van der Waals surface area contributed by atoms with Crippen molar-refractivity contribution in [3.05, 3.63) is 16.1 Å². The molecule has 0 aromatic carbocycles. The van der Waals surface area contributed by atoms with E-state index in [0.29, 0.717) is 24.9 Å². The van der Waals surface area contributed by atoms with Gasteiger partial charge in [-0.25, -0.2) is 9.78 Å². The van der Waals surface area contributed by atoms with Crippen LogP contribution in [-0.4, -0.2) is 30.3 Å². The predicted molar refractivity (Wildman–Crippen MR) is 84.4 cm³/mol. The molecular weight excluding hydrogens is 286 g/mol. The smallest absolute Gasteiger partial charge is 0.315 e. The minimum Gasteiger partial charge on any atom is -0.378 e. The molecule has 0 spiro atoms. The van der Waals surface area contributed by atoms with Gasteiger partial charge in [-0.05, 0) is 18.8 Å². The number of hydrogen-bond donors (Lipinski definition) is 2. The molecule has 1 aromatic heterocycles. The number of hydrogen-bond acceptors (Lipinski definition) is 4. The third-order valence-corrected chi connectivity index (χ3v) is 4.94. The zero-order valence-corrected chi connectivity index (χ0v) is 13.8. The highest BCUT2D eigenvalue weighted by atomic mass is 32.1. The molecule has 6 heteroatoms. The number of ether oxygens (including phenoxy) is 1. The molecule has 2 heterocycles. The van der Waals surface area contributed by atoms with E-state index < -0.39 is 0 Å². The maximum Gasteiger partial charge on any atom is 0.315 e. The van der Waals surface area contributed by atoms with Crippen molar-refractivity contribution in [2.45, 2.75) is 46.3 Å². The van der Waals surface area contributed by atoms with Gasteiger partial charge < -0.3 is 15.4 Å². The Hall–Kier alpha value is -1.14. The molecule has 2 N–H and O–H groups in total. The summed E-state index contributed by atoms with van der Waals surface area (Å²) in [5.41, 5.74) is 0. The molecule has 2 rings (SSSR count). The Morgan fingerprint density at radius 2 is 2.33 bits per heavy atom. The van der Waals surface area contributed by atoms with Crippen LogP contribution in [0.4, 0.5) is 4.79 Å². The summed E-state index contributed by atoms with van der Waals surface area (Å²) in [6, 6.07) is -0.127. The van der Waals surface area contributed by atoms with Crippen LogP contribution in [0.15, 0.2) is 6.20 Å². The van der Waals surface area contributed by atoms with Gasteiger partial charge in [0, 0.05) is 30.1 Å². The number of aromatic nitrogens is 1. The fourth-order valence-corrected chi connectivity index (χ4v) is 3.45. The third kappa shape index (κ3) is 4.68. The first-order chi connectivity index (χ1) is 10.1. The molecule has 0 unspecified atom stereocenters. The molecule has 1 aliphatic rings. The van der Waals surface area contributed by atoms with Crippen molar-refractivity contribution in [1.29, 1.82) is 0 Å². The second kappa shape index (κ2) is 7.75. The third-order valence-electron chi connectivity index (χ3n) is 3.80. The fourth-order valence-electron chi connectivity index (χ4n) is 2.65. The normalized spacial score (nSPS) is 21.7. The van der Waals surface area contributed by atoms with Gasteiger partial charge in [0.15, 0.2) is 0 Å². The van der Waals surface area contributed by atoms with E-state index in [2.05, 4.69) is 36.4 Å². The molecule has 1 aromatic rings. The maximum absolute atomic E-state index is 11.8. The molecule has 1 saturated heterocycles. The van der Waals surface area contributed by atoms with E-state index in [1.807, 2.05) is 6.20 Å². The first-order valence-corrected chi connectivity index (χ1v) is 8.48. The van der Waals surface area contributed by atoms with Crippen molar-refractivity contribution in [2.75, 3.05) is 13.2 Å². The summed E-state index contributed by atoms with van der Waals surface area (Å²) < 4.78 is 5.72. The molecule has 118 valence electrons. The van der Waals surface area contributed by atoms with Crippen molar-refractivity contribution in [3.63, 3.8) is 0 Å². The van der Waals surface area contributed by atoms with Crippen LogP contribution >= 0.6 is 11.3 Å². The number of carbonyl (C=O) groups excluding carboxylic acids is 1. The van der Waals surface area contributed by atoms with E-state index in [1.165, 1.54) is 4.88 Å². The second-order valence-corrected chi connectivity index (χ2v) is 6.97. The molecule has 2 atom stereocenters. The Kier molecular flexibility index (Phi) is 5.99. The molecule has 1 fully saturated rings. The summed E-state index contributed by atoms with van der Waals surface area (Å²) in [5, 5.41) is 6.76. The summed E-state index contributed by atoms with van der Waals surface area (Å²) in [5.74, 6) is 0.910. The lowest BCUT2D eigenvalue weighted by Crippen LogP contribution is -2.40. The zero-order chi connectivity index (χ0) is 15.2. The number of aryl methyl sites for hydroxylation is 1. The Balaban J connectivity index is 1.70. The molecule has 1 aliphatic heterocycles. The van der Waals surface area contributed by atoms with E-state index in [9.17, 15) is 4.79 Å². The van der Waals surface area contributed by atoms with Crippen LogP contribution in [0.3, 0.4) is 0 Å². The fraction of sp³-hybridized carbons (Fsp3) is 0.733. The predicted octanol–water partition coefficient (Wildman–Crippen LogP) is 2.57. The van der Waals surface area contributed by atoms with Gasteiger partial charge in [-0.15, -0.1) is 11.3 Å². The van der Waals surface area contributed by atoms with Crippen LogP contribution in [0.25, 0.3) is 0 Å². The number of thiazole rings is 1. The Morgan fingerprint density at radius 1 is 1.52 bits per heavy atom. The number of nitrogens with zero attached hydrogens (tertiary/aromatic N) is 1. The Bertz CT molecular complexity index is 462. The van der Waals surface area contributed by atoms with Gasteiger partial charge >= 0.3 is 6.03 Å². The van der Waals surface area contributed by atoms with Gasteiger partial charge in [0.1, 0.15) is 5.01 Å². The SMILES string of the molecule is CCc1cnc(CNC(=O)NC[C@H]2CCO[C@@H]2C(C)C)s1. The quantitative estimate of drug-likeness (QED) is 0.848. The first kappa shape index (κ1) is 16.2. The molecule has 2 amide bonds. The van der Waals surface area contributed by atoms with Gasteiger partial charge in [0.05, 0.1) is 12.6 Å². The minimum atomic E-state index is -0.127. The van der Waals surface area contributed by atoms with E-state index in [1.54, 1.807) is 11.3 Å². The maximum atomic E-state index is 11.8. The number of urea groups is 1. The number of rotatable bonds is 6. The lowest BCUT2D eigenvalue weighted by atomic mass is 9.93. The van der Waals surface area contributed by atoms with E-state index in [0.717, 1.165) is 24.5 Å². The van der Waals surface area contributed by atoms with E-state index in [-0.39, 0.29) is 12.1 Å². The van der Waals surface area contributed by atoms with Crippen molar-refractivity contribution >= 4 is 17.4 Å². The van der Waals surface area contributed by atoms with Gasteiger partial charge in [-0.1, -0.05) is 20.8 Å². The van der Waals surface area contributed by atoms with Crippen molar-refractivity contribution in [3.8, 4) is 0 Å². The molecule has 21 heavy (non-hydrogen) atoms. The lowest BCUT2D eigenvalue weighted by Gasteiger charge is -2.22. The summed E-state index contributed by atoms with van der Waals surface area (Å²) in [4.78, 5) is 17.4. The van der Waals surface area contributed by atoms with Crippen molar-refractivity contribution in [2.24, 2.45) is 11.8 Å². The largest absolute Gasteiger partial charge is 0.378 e. The van der Waals surface area contributed by atoms with Crippen molar-refractivity contribution < 1.29 is 9.53 Å². The van der Waals surface area contributed by atoms with Gasteiger partial charge in [-0.3, -0.25) is 0 Å². The first-order valence-electron chi connectivity index (χ1n) is 7.67. The summed E-state index contributed by atoms with van der Waals surface area (Å²) in [6.07, 6.45) is 4.15. The minimum absolute atomic E-state index is 0.127. The van der Waals surface area contributed by atoms with Crippen LogP contribution < -0.4 is 10.6 Å². The number of nitrogens with one attached hydrogen (secondary N) is 2. The lowest BCUT2D eigenvalue weighted by molar-refractivity contribution is 0.0545. The monoisotopic (exact) mass is 311 g/mol. The molecular formula is C15H25N3O2S. The molecule has 0 bridgehead atoms. The Labute approximate surface area is 130 Å². The number of carbonyl (C=O) groups is 1. The average Bonchev–Trinajstić information content (AvgIpc) is 3.11. The number of amides is 2. The topological polar surface area (TPSA) is 63.2 Å². The molecule has 5 nitrogen and oxygen atoms in total. The van der Waals surface area contributed by atoms with Gasteiger partial charge in [-0.2, -0.15) is 0 Å². The van der Waals surface area contributed by atoms with E-state index >= 15 is 0 Å². The highest BCUT2D eigenvalue weighted by Crippen LogP contribution is 2.26. The standard InChI is InChI=1S/C15H25N3O2S/c1-4-12-8-16-13(21-12)9-18-15(19)17-7-11-5-6-20-14(11)10(2)3/h8,10-11,14H,4-7,9H2,1-3H3,(H2,17,18,19)/t11-,14-/m1/s1. The van der Waals surface area contributed by atoms with Gasteiger partial charge in [0.25, 0.3) is 0 Å². The van der Waals surface area contributed by atoms with Crippen LogP contribution in [-0.2, 0) is 17.7 Å². The van der Waals surface area contributed by atoms with Gasteiger partial charge in [0.2, 0.25) is 0 Å². The van der Waals surface area contributed by atoms with Crippen LogP contribution in [0.2, 0.25) is 0 Å². The molecule has 0 saturated carbocycles. The van der Waals surface area contributed by atoms with Crippen LogP contribution in [0.5, 0.6) is 0 Å². The van der Waals surface area contributed by atoms with Crippen LogP contribution in [0.1, 0.15) is 37.1 Å². The van der Waals surface area contributed by atoms with E-state index in [4.69, 9.17) is 4.74 Å². The van der Waals surface area contributed by atoms with Crippen molar-refractivity contribution in [1.82, 2.24) is 15.6 Å². The molecule has 0 aliphatic carbocycles. The molecule has 0 radical (unpaired) electrons. The van der Waals surface area contributed by atoms with Crippen LogP contribution in [0, 0.1) is 11.8 Å². The highest BCUT2D eigenvalue weighted by Gasteiger charge is 2.30. The zero-order valence-electron chi connectivity index (χ0n) is 13.0. The Morgan fingerprint density at radius 3 is 3.00 bits per heavy atom. The second-order valence-electron chi connectivity index (χ2n) is 5.77.